The van der Waals surface area contributed by atoms with Crippen LogP contribution in [0.4, 0.5) is 5.82 Å². The Morgan fingerprint density at radius 2 is 2.05 bits per heavy atom. The molecule has 3 heteroatoms. The molecule has 0 unspecified atom stereocenters. The number of thioether (sulfide) groups is 1. The molecule has 1 aromatic heterocycles. The second-order valence-corrected chi connectivity index (χ2v) is 6.56. The molecule has 1 aliphatic carbocycles. The molecule has 110 valence electrons. The predicted molar refractivity (Wildman–Crippen MR) is 91.0 cm³/mol. The second kappa shape index (κ2) is 6.99. The third kappa shape index (κ3) is 3.79. The normalized spacial score (nSPS) is 13.2. The first-order chi connectivity index (χ1) is 10.3. The van der Waals surface area contributed by atoms with Gasteiger partial charge in [0.25, 0.3) is 0 Å². The van der Waals surface area contributed by atoms with Crippen molar-refractivity contribution in [2.75, 3.05) is 11.9 Å². The lowest BCUT2D eigenvalue weighted by molar-refractivity contribution is 0.911. The molecule has 0 bridgehead atoms. The summed E-state index contributed by atoms with van der Waals surface area (Å²) in [5.74, 6) is 1.92. The molecule has 0 atom stereocenters. The summed E-state index contributed by atoms with van der Waals surface area (Å²) in [5, 5.41) is 3.35. The van der Waals surface area contributed by atoms with Gasteiger partial charge in [0.1, 0.15) is 5.82 Å². The van der Waals surface area contributed by atoms with Gasteiger partial charge in [0, 0.05) is 17.2 Å². The fourth-order valence-electron chi connectivity index (χ4n) is 2.71. The topological polar surface area (TPSA) is 24.9 Å². The maximum Gasteiger partial charge on any atom is 0.126 e. The van der Waals surface area contributed by atoms with E-state index in [4.69, 9.17) is 0 Å². The van der Waals surface area contributed by atoms with Crippen molar-refractivity contribution in [1.29, 1.82) is 0 Å². The Kier molecular flexibility index (Phi) is 4.81. The van der Waals surface area contributed by atoms with Crippen LogP contribution in [0.25, 0.3) is 0 Å². The highest BCUT2D eigenvalue weighted by Gasteiger charge is 2.11. The summed E-state index contributed by atoms with van der Waals surface area (Å²) in [6.07, 6.45) is 4.94. The molecule has 0 saturated heterocycles. The fourth-order valence-corrected chi connectivity index (χ4v) is 3.57. The third-order valence-corrected chi connectivity index (χ3v) is 4.85. The van der Waals surface area contributed by atoms with Crippen LogP contribution < -0.4 is 5.32 Å². The highest BCUT2D eigenvalue weighted by Crippen LogP contribution is 2.29. The number of benzene rings is 1. The van der Waals surface area contributed by atoms with Gasteiger partial charge in [0.15, 0.2) is 0 Å². The molecule has 2 nitrogen and oxygen atoms in total. The number of aromatic nitrogens is 1. The largest absolute Gasteiger partial charge is 0.370 e. The third-order valence-electron chi connectivity index (χ3n) is 3.82. The van der Waals surface area contributed by atoms with E-state index in [2.05, 4.69) is 47.6 Å². The number of hydrogen-bond donors (Lipinski definition) is 1. The molecule has 2 aromatic rings. The van der Waals surface area contributed by atoms with Crippen LogP contribution in [-0.4, -0.2) is 11.5 Å². The SMILES string of the molecule is CCCNc1cccc(CSc2ccc3c(c2)CCC3)n1. The molecule has 0 amide bonds. The average molecular weight is 298 g/mol. The van der Waals surface area contributed by atoms with Crippen LogP contribution in [0.3, 0.4) is 0 Å². The number of nitrogens with zero attached hydrogens (tertiary/aromatic N) is 1. The van der Waals surface area contributed by atoms with E-state index in [0.29, 0.717) is 0 Å². The summed E-state index contributed by atoms with van der Waals surface area (Å²) in [4.78, 5) is 6.03. The van der Waals surface area contributed by atoms with Gasteiger partial charge in [-0.1, -0.05) is 19.1 Å². The molecular weight excluding hydrogens is 276 g/mol. The Hall–Kier alpha value is -1.48. The van der Waals surface area contributed by atoms with Crippen molar-refractivity contribution in [2.24, 2.45) is 0 Å². The second-order valence-electron chi connectivity index (χ2n) is 5.51. The van der Waals surface area contributed by atoms with Gasteiger partial charge in [-0.15, -0.1) is 11.8 Å². The monoisotopic (exact) mass is 298 g/mol. The van der Waals surface area contributed by atoms with Crippen molar-refractivity contribution >= 4 is 17.6 Å². The van der Waals surface area contributed by atoms with Crippen molar-refractivity contribution in [3.8, 4) is 0 Å². The summed E-state index contributed by atoms with van der Waals surface area (Å²) in [6.45, 7) is 3.15. The number of rotatable bonds is 6. The van der Waals surface area contributed by atoms with Gasteiger partial charge in [-0.2, -0.15) is 0 Å². The van der Waals surface area contributed by atoms with E-state index < -0.39 is 0 Å². The highest BCUT2D eigenvalue weighted by atomic mass is 32.2. The van der Waals surface area contributed by atoms with Gasteiger partial charge >= 0.3 is 0 Å². The quantitative estimate of drug-likeness (QED) is 0.783. The van der Waals surface area contributed by atoms with E-state index >= 15 is 0 Å². The summed E-state index contributed by atoms with van der Waals surface area (Å²) in [7, 11) is 0. The number of hydrogen-bond acceptors (Lipinski definition) is 3. The molecule has 0 radical (unpaired) electrons. The van der Waals surface area contributed by atoms with Crippen molar-refractivity contribution in [2.45, 2.75) is 43.3 Å². The smallest absolute Gasteiger partial charge is 0.126 e. The fraction of sp³-hybridized carbons (Fsp3) is 0.389. The highest BCUT2D eigenvalue weighted by molar-refractivity contribution is 7.98. The first-order valence-electron chi connectivity index (χ1n) is 7.79. The molecule has 0 spiro atoms. The Morgan fingerprint density at radius 1 is 1.14 bits per heavy atom. The Bertz CT molecular complexity index is 610. The Balaban J connectivity index is 1.62. The minimum atomic E-state index is 0.931. The lowest BCUT2D eigenvalue weighted by Gasteiger charge is -2.07. The molecule has 1 N–H and O–H groups in total. The Morgan fingerprint density at radius 3 is 2.95 bits per heavy atom. The number of pyridine rings is 1. The van der Waals surface area contributed by atoms with Gasteiger partial charge in [-0.05, 0) is 61.1 Å². The molecular formula is C18H22N2S. The number of fused-ring (bicyclic) bond motifs is 1. The predicted octanol–water partition coefficient (Wildman–Crippen LogP) is 4.68. The summed E-state index contributed by atoms with van der Waals surface area (Å²) in [6, 6.07) is 13.2. The van der Waals surface area contributed by atoms with E-state index in [-0.39, 0.29) is 0 Å². The molecule has 1 heterocycles. The average Bonchev–Trinajstić information content (AvgIpc) is 2.99. The molecule has 0 fully saturated rings. The molecule has 0 aliphatic heterocycles. The number of nitrogens with one attached hydrogen (secondary N) is 1. The van der Waals surface area contributed by atoms with Gasteiger partial charge in [0.2, 0.25) is 0 Å². The van der Waals surface area contributed by atoms with Crippen molar-refractivity contribution in [3.63, 3.8) is 0 Å². The molecule has 0 saturated carbocycles. The van der Waals surface area contributed by atoms with E-state index in [0.717, 1.165) is 30.2 Å². The number of anilines is 1. The van der Waals surface area contributed by atoms with Crippen LogP contribution in [0.1, 0.15) is 36.6 Å². The summed E-state index contributed by atoms with van der Waals surface area (Å²) < 4.78 is 0. The van der Waals surface area contributed by atoms with Gasteiger partial charge in [-0.3, -0.25) is 0 Å². The maximum absolute atomic E-state index is 4.67. The first-order valence-corrected chi connectivity index (χ1v) is 8.78. The van der Waals surface area contributed by atoms with E-state index in [9.17, 15) is 0 Å². The zero-order chi connectivity index (χ0) is 14.5. The van der Waals surface area contributed by atoms with Gasteiger partial charge in [-0.25, -0.2) is 4.98 Å². The van der Waals surface area contributed by atoms with Crippen molar-refractivity contribution in [1.82, 2.24) is 4.98 Å². The van der Waals surface area contributed by atoms with E-state index in [1.807, 2.05) is 17.8 Å². The van der Waals surface area contributed by atoms with Crippen LogP contribution in [0.5, 0.6) is 0 Å². The molecule has 1 aromatic carbocycles. The lowest BCUT2D eigenvalue weighted by atomic mass is 10.1. The van der Waals surface area contributed by atoms with Crippen LogP contribution >= 0.6 is 11.8 Å². The van der Waals surface area contributed by atoms with Gasteiger partial charge in [0.05, 0.1) is 5.69 Å². The van der Waals surface area contributed by atoms with Crippen molar-refractivity contribution < 1.29 is 0 Å². The van der Waals surface area contributed by atoms with E-state index in [1.165, 1.54) is 24.2 Å². The molecule has 21 heavy (non-hydrogen) atoms. The standard InChI is InChI=1S/C18H22N2S/c1-2-11-19-18-8-4-7-16(20-18)13-21-17-10-9-14-5-3-6-15(14)12-17/h4,7-10,12H,2-3,5-6,11,13H2,1H3,(H,19,20). The van der Waals surface area contributed by atoms with Crippen LogP contribution in [0.15, 0.2) is 41.3 Å². The molecule has 1 aliphatic rings. The lowest BCUT2D eigenvalue weighted by Crippen LogP contribution is -2.02. The van der Waals surface area contributed by atoms with Crippen LogP contribution in [-0.2, 0) is 18.6 Å². The summed E-state index contributed by atoms with van der Waals surface area (Å²) in [5.41, 5.74) is 4.23. The molecule has 3 rings (SSSR count). The van der Waals surface area contributed by atoms with Gasteiger partial charge < -0.3 is 5.32 Å². The zero-order valence-corrected chi connectivity index (χ0v) is 13.4. The van der Waals surface area contributed by atoms with E-state index in [1.54, 1.807) is 11.1 Å². The van der Waals surface area contributed by atoms with Crippen LogP contribution in [0, 0.1) is 0 Å². The summed E-state index contributed by atoms with van der Waals surface area (Å²) >= 11 is 1.88. The number of aryl methyl sites for hydroxylation is 2. The van der Waals surface area contributed by atoms with Crippen molar-refractivity contribution in [3.05, 3.63) is 53.2 Å². The Labute approximate surface area is 131 Å². The van der Waals surface area contributed by atoms with Crippen LogP contribution in [0.2, 0.25) is 0 Å². The minimum Gasteiger partial charge on any atom is -0.370 e. The minimum absolute atomic E-state index is 0.931. The first kappa shape index (κ1) is 14.5. The maximum atomic E-state index is 4.67. The zero-order valence-electron chi connectivity index (χ0n) is 12.6.